The van der Waals surface area contributed by atoms with E-state index in [9.17, 15) is 0 Å². The van der Waals surface area contributed by atoms with Gasteiger partial charge in [0.1, 0.15) is 29.7 Å². The van der Waals surface area contributed by atoms with Crippen molar-refractivity contribution in [2.45, 2.75) is 13.5 Å². The van der Waals surface area contributed by atoms with E-state index >= 15 is 0 Å². The topological polar surface area (TPSA) is 68.3 Å². The van der Waals surface area contributed by atoms with Gasteiger partial charge in [-0.25, -0.2) is 0 Å². The molecule has 0 radical (unpaired) electrons. The van der Waals surface area contributed by atoms with Crippen LogP contribution in [0, 0.1) is 11.7 Å². The van der Waals surface area contributed by atoms with Crippen LogP contribution in [0.2, 0.25) is 5.02 Å². The highest BCUT2D eigenvalue weighted by Gasteiger charge is 2.04. The fourth-order valence-corrected chi connectivity index (χ4v) is 2.29. The Kier molecular flexibility index (Phi) is 4.59. The van der Waals surface area contributed by atoms with Gasteiger partial charge in [-0.1, -0.05) is 23.7 Å². The third-order valence-corrected chi connectivity index (χ3v) is 3.58. The maximum absolute atomic E-state index is 6.03. The molecule has 3 rings (SSSR count). The summed E-state index contributed by atoms with van der Waals surface area (Å²) >= 11 is 11.1. The molecule has 3 aromatic rings. The van der Waals surface area contributed by atoms with Crippen molar-refractivity contribution in [3.63, 3.8) is 0 Å². The lowest BCUT2D eigenvalue weighted by Crippen LogP contribution is -1.94. The summed E-state index contributed by atoms with van der Waals surface area (Å²) in [6, 6.07) is 10.9. The predicted molar refractivity (Wildman–Crippen MR) is 89.6 cm³/mol. The Labute approximate surface area is 142 Å². The lowest BCUT2D eigenvalue weighted by Gasteiger charge is -2.05. The number of hydrogen-bond donors (Lipinski definition) is 1. The fourth-order valence-electron chi connectivity index (χ4n) is 1.87. The molecule has 0 fully saturated rings. The molecule has 0 amide bonds. The van der Waals surface area contributed by atoms with Gasteiger partial charge in [-0.15, -0.1) is 0 Å². The van der Waals surface area contributed by atoms with E-state index in [2.05, 4.69) is 15.3 Å². The lowest BCUT2D eigenvalue weighted by molar-refractivity contribution is 0.270. The number of aromatic amines is 1. The van der Waals surface area contributed by atoms with Crippen molar-refractivity contribution in [1.29, 1.82) is 0 Å². The molecule has 0 saturated heterocycles. The summed E-state index contributed by atoms with van der Waals surface area (Å²) in [7, 11) is 0. The normalized spacial score (nSPS) is 11.2. The molecular weight excluding hydrogens is 336 g/mol. The highest BCUT2D eigenvalue weighted by atomic mass is 35.5. The minimum absolute atomic E-state index is 0.280. The van der Waals surface area contributed by atoms with Gasteiger partial charge in [-0.05, 0) is 43.4 Å². The molecule has 2 aromatic heterocycles. The van der Waals surface area contributed by atoms with E-state index in [1.54, 1.807) is 31.3 Å². The molecule has 0 aliphatic rings. The van der Waals surface area contributed by atoms with Crippen molar-refractivity contribution in [1.82, 2.24) is 14.9 Å². The van der Waals surface area contributed by atoms with Crippen LogP contribution in [0.1, 0.15) is 17.3 Å². The van der Waals surface area contributed by atoms with Crippen molar-refractivity contribution in [3.05, 3.63) is 63.5 Å². The van der Waals surface area contributed by atoms with Crippen molar-refractivity contribution < 1.29 is 9.15 Å². The molecule has 0 spiro atoms. The lowest BCUT2D eigenvalue weighted by atomic mass is 10.3. The second kappa shape index (κ2) is 6.80. The summed E-state index contributed by atoms with van der Waals surface area (Å²) in [4.78, 5) is 0. The van der Waals surface area contributed by atoms with E-state index < -0.39 is 0 Å². The summed E-state index contributed by atoms with van der Waals surface area (Å²) in [5.41, 5.74) is 0. The first-order valence-corrected chi connectivity index (χ1v) is 7.56. The van der Waals surface area contributed by atoms with Gasteiger partial charge < -0.3 is 9.15 Å². The molecule has 0 aliphatic carbocycles. The number of hydrogen-bond acceptors (Lipinski definition) is 5. The minimum atomic E-state index is 0.280. The smallest absolute Gasteiger partial charge is 0.216 e. The van der Waals surface area contributed by atoms with E-state index in [0.717, 1.165) is 0 Å². The number of H-pyrrole nitrogens is 1. The molecule has 8 heteroatoms. The molecule has 0 saturated carbocycles. The number of furan rings is 1. The predicted octanol–water partition coefficient (Wildman–Crippen LogP) is 3.96. The summed E-state index contributed by atoms with van der Waals surface area (Å²) in [5, 5.41) is 11.4. The number of benzene rings is 1. The largest absolute Gasteiger partial charge is 0.484 e. The maximum atomic E-state index is 6.03. The average Bonchev–Trinajstić information content (AvgIpc) is 3.12. The van der Waals surface area contributed by atoms with Gasteiger partial charge >= 0.3 is 0 Å². The van der Waals surface area contributed by atoms with Gasteiger partial charge in [0.25, 0.3) is 0 Å². The van der Waals surface area contributed by atoms with Crippen LogP contribution in [-0.4, -0.2) is 21.1 Å². The zero-order valence-corrected chi connectivity index (χ0v) is 13.8. The Morgan fingerprint density at radius 2 is 2.22 bits per heavy atom. The van der Waals surface area contributed by atoms with Crippen LogP contribution < -0.4 is 4.74 Å². The molecule has 0 bridgehead atoms. The van der Waals surface area contributed by atoms with Crippen molar-refractivity contribution >= 4 is 30.0 Å². The zero-order valence-electron chi connectivity index (χ0n) is 12.2. The molecule has 0 aliphatic heterocycles. The summed E-state index contributed by atoms with van der Waals surface area (Å²) in [5.74, 6) is 2.53. The Morgan fingerprint density at radius 3 is 2.96 bits per heavy atom. The summed E-state index contributed by atoms with van der Waals surface area (Å²) in [6.45, 7) is 2.08. The highest BCUT2D eigenvalue weighted by Crippen LogP contribution is 2.24. The molecule has 6 nitrogen and oxygen atoms in total. The van der Waals surface area contributed by atoms with Gasteiger partial charge in [0.2, 0.25) is 4.77 Å². The molecular formula is C15H13ClN4O2S. The number of aromatic nitrogens is 3. The number of rotatable bonds is 5. The Bertz CT molecular complexity index is 897. The van der Waals surface area contributed by atoms with Gasteiger partial charge in [-0.2, -0.15) is 14.9 Å². The van der Waals surface area contributed by atoms with Crippen LogP contribution in [0.5, 0.6) is 5.75 Å². The number of nitrogens with one attached hydrogen (secondary N) is 1. The van der Waals surface area contributed by atoms with Crippen LogP contribution in [0.25, 0.3) is 0 Å². The molecule has 0 unspecified atom stereocenters. The Hall–Kier alpha value is -2.38. The number of para-hydroxylation sites is 1. The standard InChI is InChI=1S/C15H13ClN4O2S/c1-10-18-19-15(23)20(10)17-8-11-6-7-12(22-11)9-21-14-5-3-2-4-13(14)16/h2-8H,9H2,1H3,(H,19,23)/b17-8-. The first-order valence-electron chi connectivity index (χ1n) is 6.78. The summed E-state index contributed by atoms with van der Waals surface area (Å²) < 4.78 is 13.2. The molecule has 2 heterocycles. The molecule has 118 valence electrons. The molecule has 1 aromatic carbocycles. The SMILES string of the molecule is Cc1n[nH]c(=S)n1/N=C\c1ccc(COc2ccccc2Cl)o1. The van der Waals surface area contributed by atoms with Gasteiger partial charge in [0, 0.05) is 0 Å². The number of nitrogens with zero attached hydrogens (tertiary/aromatic N) is 3. The van der Waals surface area contributed by atoms with Gasteiger partial charge in [-0.3, -0.25) is 5.10 Å². The van der Waals surface area contributed by atoms with E-state index in [4.69, 9.17) is 33.0 Å². The quantitative estimate of drug-likeness (QED) is 0.559. The van der Waals surface area contributed by atoms with Crippen LogP contribution in [0.15, 0.2) is 45.9 Å². The second-order valence-electron chi connectivity index (χ2n) is 4.66. The molecule has 1 N–H and O–H groups in total. The van der Waals surface area contributed by atoms with Crippen molar-refractivity contribution in [2.75, 3.05) is 0 Å². The van der Waals surface area contributed by atoms with E-state index in [1.807, 2.05) is 18.2 Å². The monoisotopic (exact) mass is 348 g/mol. The van der Waals surface area contributed by atoms with E-state index in [0.29, 0.717) is 32.9 Å². The fraction of sp³-hybridized carbons (Fsp3) is 0.133. The van der Waals surface area contributed by atoms with Gasteiger partial charge in [0.05, 0.1) is 11.2 Å². The maximum Gasteiger partial charge on any atom is 0.216 e. The Balaban J connectivity index is 1.67. The van der Waals surface area contributed by atoms with Crippen LogP contribution in [0.3, 0.4) is 0 Å². The van der Waals surface area contributed by atoms with E-state index in [-0.39, 0.29) is 6.61 Å². The first kappa shape index (κ1) is 15.5. The average molecular weight is 349 g/mol. The third-order valence-electron chi connectivity index (χ3n) is 3.00. The van der Waals surface area contributed by atoms with Crippen molar-refractivity contribution in [2.24, 2.45) is 5.10 Å². The van der Waals surface area contributed by atoms with E-state index in [1.165, 1.54) is 4.68 Å². The van der Waals surface area contributed by atoms with Crippen molar-refractivity contribution in [3.8, 4) is 5.75 Å². The number of aryl methyl sites for hydroxylation is 1. The molecule has 23 heavy (non-hydrogen) atoms. The number of ether oxygens (including phenoxy) is 1. The zero-order chi connectivity index (χ0) is 16.2. The summed E-state index contributed by atoms with van der Waals surface area (Å²) in [6.07, 6.45) is 1.57. The van der Waals surface area contributed by atoms with Crippen LogP contribution >= 0.6 is 23.8 Å². The molecule has 0 atom stereocenters. The minimum Gasteiger partial charge on any atom is -0.484 e. The number of halogens is 1. The second-order valence-corrected chi connectivity index (χ2v) is 5.45. The third kappa shape index (κ3) is 3.69. The first-order chi connectivity index (χ1) is 11.1. The van der Waals surface area contributed by atoms with Gasteiger partial charge in [0.15, 0.2) is 0 Å². The van der Waals surface area contributed by atoms with Crippen LogP contribution in [0.4, 0.5) is 0 Å². The Morgan fingerprint density at radius 1 is 1.39 bits per heavy atom. The van der Waals surface area contributed by atoms with Crippen LogP contribution in [-0.2, 0) is 6.61 Å². The highest BCUT2D eigenvalue weighted by molar-refractivity contribution is 7.71.